The predicted octanol–water partition coefficient (Wildman–Crippen LogP) is 0.537. The van der Waals surface area contributed by atoms with Crippen LogP contribution < -0.4 is 5.32 Å². The zero-order valence-electron chi connectivity index (χ0n) is 11.0. The largest absolute Gasteiger partial charge is 0.347 e. The Labute approximate surface area is 99.0 Å². The molecule has 0 aromatic carbocycles. The van der Waals surface area contributed by atoms with Gasteiger partial charge < -0.3 is 10.2 Å². The molecule has 94 valence electrons. The predicted molar refractivity (Wildman–Crippen MR) is 66.4 cm³/mol. The fraction of sp³-hybridized carbons (Fsp3) is 0.917. The van der Waals surface area contributed by atoms with E-state index in [-0.39, 0.29) is 11.9 Å². The summed E-state index contributed by atoms with van der Waals surface area (Å²) in [6, 6.07) is 0.523. The maximum Gasteiger partial charge on any atom is 0.239 e. The summed E-state index contributed by atoms with van der Waals surface area (Å²) in [5.41, 5.74) is 0. The minimum atomic E-state index is -0.0290. The van der Waals surface area contributed by atoms with Crippen LogP contribution in [0.1, 0.15) is 26.2 Å². The van der Waals surface area contributed by atoms with Crippen molar-refractivity contribution in [2.45, 2.75) is 38.3 Å². The Morgan fingerprint density at radius 2 is 2.06 bits per heavy atom. The summed E-state index contributed by atoms with van der Waals surface area (Å²) < 4.78 is 0. The van der Waals surface area contributed by atoms with Gasteiger partial charge in [-0.2, -0.15) is 0 Å². The molecule has 0 bridgehead atoms. The zero-order valence-corrected chi connectivity index (χ0v) is 11.0. The number of nitrogens with one attached hydrogen (secondary N) is 1. The van der Waals surface area contributed by atoms with Gasteiger partial charge in [-0.25, -0.2) is 0 Å². The number of hydrogen-bond donors (Lipinski definition) is 1. The smallest absolute Gasteiger partial charge is 0.239 e. The Hall–Kier alpha value is -0.610. The summed E-state index contributed by atoms with van der Waals surface area (Å²) in [5.74, 6) is 0.179. The molecule has 1 saturated heterocycles. The summed E-state index contributed by atoms with van der Waals surface area (Å²) in [4.78, 5) is 15.6. The molecule has 4 nitrogen and oxygen atoms in total. The molecule has 0 radical (unpaired) electrons. The average Bonchev–Trinajstić information content (AvgIpc) is 2.28. The van der Waals surface area contributed by atoms with Crippen molar-refractivity contribution in [1.29, 1.82) is 0 Å². The van der Waals surface area contributed by atoms with Gasteiger partial charge in [0.25, 0.3) is 0 Å². The molecule has 16 heavy (non-hydrogen) atoms. The number of likely N-dealkylation sites (N-methyl/N-ethyl adjacent to an activating group) is 2. The molecule has 1 aliphatic heterocycles. The second-order valence-electron chi connectivity index (χ2n) is 5.00. The summed E-state index contributed by atoms with van der Waals surface area (Å²) >= 11 is 0. The molecule has 0 aromatic rings. The maximum absolute atomic E-state index is 11.8. The van der Waals surface area contributed by atoms with Gasteiger partial charge in [0, 0.05) is 26.7 Å². The first-order valence-corrected chi connectivity index (χ1v) is 6.17. The van der Waals surface area contributed by atoms with Crippen LogP contribution >= 0.6 is 0 Å². The van der Waals surface area contributed by atoms with Crippen molar-refractivity contribution in [3.05, 3.63) is 0 Å². The lowest BCUT2D eigenvalue weighted by Gasteiger charge is -2.32. The van der Waals surface area contributed by atoms with Crippen LogP contribution in [-0.4, -0.2) is 62.0 Å². The van der Waals surface area contributed by atoms with Crippen molar-refractivity contribution in [2.24, 2.45) is 0 Å². The second kappa shape index (κ2) is 6.21. The van der Waals surface area contributed by atoms with Crippen LogP contribution in [0.25, 0.3) is 0 Å². The summed E-state index contributed by atoms with van der Waals surface area (Å²) in [5, 5.41) is 3.51. The van der Waals surface area contributed by atoms with Gasteiger partial charge in [0.05, 0.1) is 6.04 Å². The maximum atomic E-state index is 11.8. The Balaban J connectivity index is 2.38. The Morgan fingerprint density at radius 1 is 1.38 bits per heavy atom. The number of hydrogen-bond acceptors (Lipinski definition) is 3. The van der Waals surface area contributed by atoms with E-state index in [4.69, 9.17) is 0 Å². The first kappa shape index (κ1) is 13.5. The SMILES string of the molecule is CC(C(=O)N(C)C)N(C)CC1CCCCN1. The molecule has 1 N–H and O–H groups in total. The van der Waals surface area contributed by atoms with Gasteiger partial charge in [0.1, 0.15) is 0 Å². The molecular weight excluding hydrogens is 202 g/mol. The highest BCUT2D eigenvalue weighted by Gasteiger charge is 2.22. The first-order chi connectivity index (χ1) is 7.52. The highest BCUT2D eigenvalue weighted by Crippen LogP contribution is 2.09. The van der Waals surface area contributed by atoms with E-state index in [1.807, 2.05) is 28.1 Å². The third kappa shape index (κ3) is 3.76. The third-order valence-electron chi connectivity index (χ3n) is 3.38. The number of carbonyl (C=O) groups excluding carboxylic acids is 1. The van der Waals surface area contributed by atoms with Crippen molar-refractivity contribution in [3.63, 3.8) is 0 Å². The number of carbonyl (C=O) groups is 1. The Bertz CT molecular complexity index is 224. The summed E-state index contributed by atoms with van der Waals surface area (Å²) in [6.45, 7) is 4.06. The number of amides is 1. The van der Waals surface area contributed by atoms with Gasteiger partial charge in [-0.3, -0.25) is 9.69 Å². The lowest BCUT2D eigenvalue weighted by molar-refractivity contribution is -0.133. The molecule has 4 heteroatoms. The number of piperidine rings is 1. The van der Waals surface area contributed by atoms with E-state index in [1.54, 1.807) is 4.90 Å². The number of nitrogens with zero attached hydrogens (tertiary/aromatic N) is 2. The van der Waals surface area contributed by atoms with E-state index in [9.17, 15) is 4.79 Å². The Kier molecular flexibility index (Phi) is 5.22. The van der Waals surface area contributed by atoms with Gasteiger partial charge in [0.15, 0.2) is 0 Å². The van der Waals surface area contributed by atoms with Crippen LogP contribution in [0.2, 0.25) is 0 Å². The van der Waals surface area contributed by atoms with E-state index in [0.717, 1.165) is 13.1 Å². The van der Waals surface area contributed by atoms with Crippen molar-refractivity contribution in [3.8, 4) is 0 Å². The average molecular weight is 227 g/mol. The van der Waals surface area contributed by atoms with Crippen molar-refractivity contribution in [2.75, 3.05) is 34.2 Å². The van der Waals surface area contributed by atoms with E-state index >= 15 is 0 Å². The first-order valence-electron chi connectivity index (χ1n) is 6.17. The van der Waals surface area contributed by atoms with E-state index < -0.39 is 0 Å². The minimum Gasteiger partial charge on any atom is -0.347 e. The van der Waals surface area contributed by atoms with Gasteiger partial charge in [-0.15, -0.1) is 0 Å². The molecule has 0 aliphatic carbocycles. The molecule has 0 saturated carbocycles. The molecule has 1 rings (SSSR count). The van der Waals surface area contributed by atoms with Gasteiger partial charge in [-0.05, 0) is 33.4 Å². The van der Waals surface area contributed by atoms with Crippen LogP contribution in [0.5, 0.6) is 0 Å². The lowest BCUT2D eigenvalue weighted by Crippen LogP contribution is -2.49. The highest BCUT2D eigenvalue weighted by molar-refractivity contribution is 5.80. The quantitative estimate of drug-likeness (QED) is 0.761. The molecule has 2 unspecified atom stereocenters. The van der Waals surface area contributed by atoms with Crippen LogP contribution in [0, 0.1) is 0 Å². The topological polar surface area (TPSA) is 35.6 Å². The monoisotopic (exact) mass is 227 g/mol. The minimum absolute atomic E-state index is 0.0290. The molecule has 1 amide bonds. The fourth-order valence-electron chi connectivity index (χ4n) is 2.15. The van der Waals surface area contributed by atoms with Crippen LogP contribution in [0.3, 0.4) is 0 Å². The lowest BCUT2D eigenvalue weighted by atomic mass is 10.0. The van der Waals surface area contributed by atoms with Crippen LogP contribution in [0.4, 0.5) is 0 Å². The van der Waals surface area contributed by atoms with Crippen LogP contribution in [-0.2, 0) is 4.79 Å². The molecular formula is C12H25N3O. The van der Waals surface area contributed by atoms with Crippen molar-refractivity contribution in [1.82, 2.24) is 15.1 Å². The standard InChI is InChI=1S/C12H25N3O/c1-10(12(16)14(2)3)15(4)9-11-7-5-6-8-13-11/h10-11,13H,5-9H2,1-4H3. The zero-order chi connectivity index (χ0) is 12.1. The van der Waals surface area contributed by atoms with E-state index in [0.29, 0.717) is 6.04 Å². The Morgan fingerprint density at radius 3 is 2.56 bits per heavy atom. The third-order valence-corrected chi connectivity index (χ3v) is 3.38. The van der Waals surface area contributed by atoms with Gasteiger partial charge >= 0.3 is 0 Å². The molecule has 0 spiro atoms. The molecule has 1 fully saturated rings. The second-order valence-corrected chi connectivity index (χ2v) is 5.00. The van der Waals surface area contributed by atoms with Gasteiger partial charge in [0.2, 0.25) is 5.91 Å². The number of rotatable bonds is 4. The van der Waals surface area contributed by atoms with E-state index in [2.05, 4.69) is 10.2 Å². The molecule has 1 heterocycles. The normalized spacial score (nSPS) is 23.2. The van der Waals surface area contributed by atoms with Crippen LogP contribution in [0.15, 0.2) is 0 Å². The van der Waals surface area contributed by atoms with Crippen molar-refractivity contribution >= 4 is 5.91 Å². The summed E-state index contributed by atoms with van der Waals surface area (Å²) in [6.07, 6.45) is 3.82. The summed E-state index contributed by atoms with van der Waals surface area (Å²) in [7, 11) is 5.65. The highest BCUT2D eigenvalue weighted by atomic mass is 16.2. The molecule has 1 aliphatic rings. The molecule has 2 atom stereocenters. The van der Waals surface area contributed by atoms with Crippen molar-refractivity contribution < 1.29 is 4.79 Å². The molecule has 0 aromatic heterocycles. The van der Waals surface area contributed by atoms with E-state index in [1.165, 1.54) is 19.3 Å². The fourth-order valence-corrected chi connectivity index (χ4v) is 2.15. The van der Waals surface area contributed by atoms with Gasteiger partial charge in [-0.1, -0.05) is 6.42 Å².